The van der Waals surface area contributed by atoms with Crippen molar-refractivity contribution < 1.29 is 8.42 Å². The molecule has 1 saturated carbocycles. The molecule has 4 rings (SSSR count). The van der Waals surface area contributed by atoms with Crippen molar-refractivity contribution in [3.05, 3.63) is 47.5 Å². The average molecular weight is 317 g/mol. The van der Waals surface area contributed by atoms with Crippen molar-refractivity contribution in [3.63, 3.8) is 0 Å². The van der Waals surface area contributed by atoms with E-state index >= 15 is 0 Å². The normalized spacial score (nSPS) is 33.8. The highest BCUT2D eigenvalue weighted by molar-refractivity contribution is 7.90. The molecule has 0 N–H and O–H groups in total. The van der Waals surface area contributed by atoms with Gasteiger partial charge in [-0.1, -0.05) is 48.4 Å². The quantitative estimate of drug-likeness (QED) is 0.785. The van der Waals surface area contributed by atoms with Gasteiger partial charge in [-0.25, -0.2) is 8.42 Å². The first-order valence-electron chi connectivity index (χ1n) is 8.38. The molecule has 1 aromatic rings. The van der Waals surface area contributed by atoms with Crippen molar-refractivity contribution in [2.75, 3.05) is 6.54 Å². The Morgan fingerprint density at radius 2 is 1.95 bits per heavy atom. The van der Waals surface area contributed by atoms with Gasteiger partial charge in [0.05, 0.1) is 5.25 Å². The molecule has 118 valence electrons. The highest BCUT2D eigenvalue weighted by Crippen LogP contribution is 2.44. The monoisotopic (exact) mass is 317 g/mol. The third kappa shape index (κ3) is 2.42. The van der Waals surface area contributed by atoms with Gasteiger partial charge in [0.25, 0.3) is 0 Å². The second-order valence-electron chi connectivity index (χ2n) is 6.95. The van der Waals surface area contributed by atoms with E-state index in [2.05, 4.69) is 6.08 Å². The largest absolute Gasteiger partial charge is 0.217 e. The molecule has 0 aromatic heterocycles. The Bertz CT molecular complexity index is 680. The summed E-state index contributed by atoms with van der Waals surface area (Å²) < 4.78 is 27.5. The minimum atomic E-state index is -3.15. The predicted molar refractivity (Wildman–Crippen MR) is 87.7 cm³/mol. The number of sulfonamides is 1. The Balaban J connectivity index is 1.59. The molecule has 0 radical (unpaired) electrons. The fraction of sp³-hybridized carbons (Fsp3) is 0.556. The van der Waals surface area contributed by atoms with Crippen LogP contribution in [0.4, 0.5) is 0 Å². The van der Waals surface area contributed by atoms with Crippen LogP contribution in [0.1, 0.15) is 37.7 Å². The highest BCUT2D eigenvalue weighted by Gasteiger charge is 2.48. The lowest BCUT2D eigenvalue weighted by Gasteiger charge is -2.33. The van der Waals surface area contributed by atoms with Crippen LogP contribution in [0.25, 0.3) is 0 Å². The molecule has 3 aliphatic rings. The van der Waals surface area contributed by atoms with E-state index < -0.39 is 10.0 Å². The molecule has 3 atom stereocenters. The first-order chi connectivity index (χ1) is 10.6. The van der Waals surface area contributed by atoms with Crippen LogP contribution < -0.4 is 0 Å². The number of hydrogen-bond donors (Lipinski definition) is 0. The van der Waals surface area contributed by atoms with Crippen LogP contribution >= 0.6 is 0 Å². The van der Waals surface area contributed by atoms with Crippen molar-refractivity contribution in [2.24, 2.45) is 11.8 Å². The third-order valence-electron chi connectivity index (χ3n) is 5.57. The van der Waals surface area contributed by atoms with E-state index in [1.54, 1.807) is 9.88 Å². The van der Waals surface area contributed by atoms with Crippen molar-refractivity contribution in [1.82, 2.24) is 4.31 Å². The molecule has 1 saturated heterocycles. The molecule has 1 heterocycles. The van der Waals surface area contributed by atoms with Gasteiger partial charge in [0.2, 0.25) is 10.0 Å². The summed E-state index contributed by atoms with van der Waals surface area (Å²) in [6.45, 7) is 1.18. The Kier molecular flexibility index (Phi) is 3.61. The predicted octanol–water partition coefficient (Wildman–Crippen LogP) is 3.34. The van der Waals surface area contributed by atoms with E-state index in [0.717, 1.165) is 12.0 Å². The topological polar surface area (TPSA) is 37.4 Å². The number of benzene rings is 1. The number of rotatable bonds is 2. The van der Waals surface area contributed by atoms with Crippen LogP contribution in [-0.2, 0) is 16.6 Å². The maximum Gasteiger partial charge on any atom is 0.217 e. The van der Waals surface area contributed by atoms with Gasteiger partial charge < -0.3 is 0 Å². The van der Waals surface area contributed by atoms with E-state index in [1.165, 1.54) is 25.7 Å². The van der Waals surface area contributed by atoms with Gasteiger partial charge in [-0.3, -0.25) is 0 Å². The Morgan fingerprint density at radius 1 is 1.14 bits per heavy atom. The summed E-state index contributed by atoms with van der Waals surface area (Å²) in [5, 5.41) is -0.178. The minimum absolute atomic E-state index is 0.178. The molecule has 2 fully saturated rings. The van der Waals surface area contributed by atoms with Crippen molar-refractivity contribution in [2.45, 2.75) is 43.9 Å². The molecule has 1 aliphatic heterocycles. The Morgan fingerprint density at radius 3 is 2.77 bits per heavy atom. The second kappa shape index (κ2) is 5.50. The fourth-order valence-electron chi connectivity index (χ4n) is 4.42. The molecule has 3 nitrogen and oxygen atoms in total. The summed E-state index contributed by atoms with van der Waals surface area (Å²) in [7, 11) is -3.15. The summed E-state index contributed by atoms with van der Waals surface area (Å²) in [6, 6.07) is 9.94. The summed E-state index contributed by atoms with van der Waals surface area (Å²) in [4.78, 5) is 0. The van der Waals surface area contributed by atoms with Gasteiger partial charge in [-0.15, -0.1) is 0 Å². The van der Waals surface area contributed by atoms with Crippen molar-refractivity contribution in [3.8, 4) is 0 Å². The highest BCUT2D eigenvalue weighted by atomic mass is 32.2. The lowest BCUT2D eigenvalue weighted by molar-refractivity contribution is 0.361. The molecule has 0 unspecified atom stereocenters. The third-order valence-corrected chi connectivity index (χ3v) is 7.88. The number of nitrogens with zero attached hydrogens (tertiary/aromatic N) is 1. The number of hydrogen-bond acceptors (Lipinski definition) is 2. The first-order valence-corrected chi connectivity index (χ1v) is 9.88. The molecule has 22 heavy (non-hydrogen) atoms. The molecule has 4 heteroatoms. The smallest absolute Gasteiger partial charge is 0.212 e. The number of fused-ring (bicyclic) bond motifs is 2. The van der Waals surface area contributed by atoms with E-state index in [-0.39, 0.29) is 11.2 Å². The Labute approximate surface area is 133 Å². The molecule has 2 aliphatic carbocycles. The van der Waals surface area contributed by atoms with Crippen LogP contribution in [0.5, 0.6) is 0 Å². The molecule has 0 bridgehead atoms. The van der Waals surface area contributed by atoms with E-state index in [4.69, 9.17) is 0 Å². The number of allylic oxidation sites excluding steroid dienone is 1. The summed E-state index contributed by atoms with van der Waals surface area (Å²) in [5.41, 5.74) is 2.62. The molecular weight excluding hydrogens is 294 g/mol. The van der Waals surface area contributed by atoms with Gasteiger partial charge in [-0.05, 0) is 37.2 Å². The summed E-state index contributed by atoms with van der Waals surface area (Å²) >= 11 is 0. The molecular formula is C18H23NO2S. The SMILES string of the molecule is O=S1(=O)[C@@H]2C[C@@H]3CCCCC3=C[C@@H]2CN1Cc1ccccc1. The summed E-state index contributed by atoms with van der Waals surface area (Å²) in [5.74, 6) is 0.736. The zero-order chi connectivity index (χ0) is 15.2. The minimum Gasteiger partial charge on any atom is -0.212 e. The van der Waals surface area contributed by atoms with E-state index in [0.29, 0.717) is 19.0 Å². The van der Waals surface area contributed by atoms with Crippen LogP contribution in [0.15, 0.2) is 42.0 Å². The molecule has 1 aromatic carbocycles. The maximum atomic E-state index is 12.9. The average Bonchev–Trinajstić information content (AvgIpc) is 2.77. The fourth-order valence-corrected chi connectivity index (χ4v) is 6.59. The Hall–Kier alpha value is -1.13. The van der Waals surface area contributed by atoms with Crippen LogP contribution in [0, 0.1) is 11.8 Å². The van der Waals surface area contributed by atoms with E-state index in [1.807, 2.05) is 30.3 Å². The summed E-state index contributed by atoms with van der Waals surface area (Å²) in [6.07, 6.45) is 8.08. The second-order valence-corrected chi connectivity index (χ2v) is 9.10. The van der Waals surface area contributed by atoms with Gasteiger partial charge in [0.1, 0.15) is 0 Å². The van der Waals surface area contributed by atoms with Gasteiger partial charge in [-0.2, -0.15) is 4.31 Å². The van der Waals surface area contributed by atoms with E-state index in [9.17, 15) is 8.42 Å². The first kappa shape index (κ1) is 14.5. The molecule has 0 spiro atoms. The van der Waals surface area contributed by atoms with Gasteiger partial charge >= 0.3 is 0 Å². The van der Waals surface area contributed by atoms with Crippen LogP contribution in [0.2, 0.25) is 0 Å². The lowest BCUT2D eigenvalue weighted by Crippen LogP contribution is -2.33. The van der Waals surface area contributed by atoms with Crippen molar-refractivity contribution >= 4 is 10.0 Å². The zero-order valence-corrected chi connectivity index (χ0v) is 13.6. The lowest BCUT2D eigenvalue weighted by atomic mass is 9.74. The van der Waals surface area contributed by atoms with Crippen molar-refractivity contribution in [1.29, 1.82) is 0 Å². The molecule has 0 amide bonds. The maximum absolute atomic E-state index is 12.9. The van der Waals surface area contributed by atoms with Crippen LogP contribution in [-0.4, -0.2) is 24.5 Å². The van der Waals surface area contributed by atoms with Gasteiger partial charge in [0, 0.05) is 19.0 Å². The van der Waals surface area contributed by atoms with Gasteiger partial charge in [0.15, 0.2) is 0 Å². The zero-order valence-electron chi connectivity index (χ0n) is 12.8. The van der Waals surface area contributed by atoms with Crippen LogP contribution in [0.3, 0.4) is 0 Å². The standard InChI is InChI=1S/C18H23NO2S/c20-22(21)18-11-16-9-5-4-8-15(16)10-17(18)13-19(22)12-14-6-2-1-3-7-14/h1-3,6-7,10,16-18H,4-5,8-9,11-13H2/t16-,17+,18+/m0/s1.